The van der Waals surface area contributed by atoms with Crippen molar-refractivity contribution < 1.29 is 33.6 Å². The topological polar surface area (TPSA) is 220 Å². The van der Waals surface area contributed by atoms with Crippen LogP contribution in [0.5, 0.6) is 0 Å². The van der Waals surface area contributed by atoms with Gasteiger partial charge in [0.2, 0.25) is 41.4 Å². The highest BCUT2D eigenvalue weighted by Crippen LogP contribution is 2.26. The average molecular weight is 1060 g/mol. The second-order valence-corrected chi connectivity index (χ2v) is 19.6. The zero-order chi connectivity index (χ0) is 56.3. The summed E-state index contributed by atoms with van der Waals surface area (Å²) in [6.45, 7) is 10.9. The Labute approximate surface area is 457 Å². The van der Waals surface area contributed by atoms with Gasteiger partial charge in [-0.05, 0) is 115 Å². The second kappa shape index (κ2) is 33.3. The molecule has 0 heterocycles. The molecule has 0 unspecified atom stereocenters. The van der Waals surface area contributed by atoms with E-state index in [1.54, 1.807) is 4.90 Å². The number of carbonyl (C=O) groups excluding carboxylic acids is 7. The Bertz CT molecular complexity index is 2430. The maximum Gasteiger partial charge on any atom is 0.243 e. The quantitative estimate of drug-likeness (QED) is 0.0467. The van der Waals surface area contributed by atoms with Gasteiger partial charge >= 0.3 is 0 Å². The average Bonchev–Trinajstić information content (AvgIpc) is 3.45. The van der Waals surface area contributed by atoms with Crippen molar-refractivity contribution in [2.24, 2.45) is 17.2 Å². The second-order valence-electron chi connectivity index (χ2n) is 19.6. The maximum atomic E-state index is 15.1. The van der Waals surface area contributed by atoms with Gasteiger partial charge in [-0.2, -0.15) is 0 Å². The summed E-state index contributed by atoms with van der Waals surface area (Å²) in [5, 5.41) is 0. The van der Waals surface area contributed by atoms with Crippen LogP contribution >= 0.6 is 0 Å². The molecule has 418 valence electrons. The lowest BCUT2D eigenvalue weighted by Crippen LogP contribution is -2.53. The smallest absolute Gasteiger partial charge is 0.243 e. The van der Waals surface area contributed by atoms with Crippen molar-refractivity contribution in [3.63, 3.8) is 0 Å². The number of amides is 7. The molecule has 0 radical (unpaired) electrons. The minimum absolute atomic E-state index is 0.123. The predicted octanol–water partition coefficient (Wildman–Crippen LogP) is 6.09. The molecular formula is C60H86N10O7. The van der Waals surface area contributed by atoms with Gasteiger partial charge in [0.25, 0.3) is 0 Å². The highest BCUT2D eigenvalue weighted by Gasteiger charge is 2.35. The molecule has 0 saturated carbocycles. The molecule has 6 N–H and O–H groups in total. The van der Waals surface area contributed by atoms with E-state index in [0.29, 0.717) is 58.4 Å². The van der Waals surface area contributed by atoms with Gasteiger partial charge in [-0.25, -0.2) is 0 Å². The molecule has 0 aliphatic heterocycles. The fourth-order valence-electron chi connectivity index (χ4n) is 9.36. The van der Waals surface area contributed by atoms with Crippen LogP contribution in [0.3, 0.4) is 0 Å². The summed E-state index contributed by atoms with van der Waals surface area (Å²) < 4.78 is 0. The largest absolute Gasteiger partial charge is 0.341 e. The van der Waals surface area contributed by atoms with Crippen molar-refractivity contribution >= 4 is 41.4 Å². The third-order valence-corrected chi connectivity index (χ3v) is 14.3. The number of likely N-dealkylation sites (N-methyl/N-ethyl adjacent to an activating group) is 1. The number of nitrogens with two attached hydrogens (primary N) is 3. The van der Waals surface area contributed by atoms with Crippen LogP contribution < -0.4 is 17.2 Å². The molecule has 0 spiro atoms. The Morgan fingerprint density at radius 1 is 0.351 bits per heavy atom. The van der Waals surface area contributed by atoms with Gasteiger partial charge in [0.15, 0.2) is 0 Å². The lowest BCUT2D eigenvalue weighted by atomic mass is 10.1. The Hall–Kier alpha value is -6.95. The number of unbranched alkanes of at least 4 members (excludes halogenated alkanes) is 3. The van der Waals surface area contributed by atoms with Crippen LogP contribution in [-0.2, 0) is 33.6 Å². The van der Waals surface area contributed by atoms with Gasteiger partial charge in [-0.15, -0.1) is 0 Å². The third kappa shape index (κ3) is 19.5. The molecule has 4 atom stereocenters. The molecule has 0 aliphatic rings. The summed E-state index contributed by atoms with van der Waals surface area (Å²) in [6.07, 6.45) is 3.55. The molecule has 0 aromatic heterocycles. The van der Waals surface area contributed by atoms with Crippen molar-refractivity contribution in [1.29, 1.82) is 0 Å². The zero-order valence-electron chi connectivity index (χ0n) is 46.5. The minimum Gasteiger partial charge on any atom is -0.341 e. The number of nitrogens with zero attached hydrogens (tertiary/aromatic N) is 7. The highest BCUT2D eigenvalue weighted by molar-refractivity contribution is 5.93. The van der Waals surface area contributed by atoms with Gasteiger partial charge in [-0.3, -0.25) is 33.6 Å². The van der Waals surface area contributed by atoms with E-state index in [1.165, 1.54) is 36.3 Å². The van der Waals surface area contributed by atoms with E-state index in [2.05, 4.69) is 0 Å². The van der Waals surface area contributed by atoms with E-state index in [-0.39, 0.29) is 44.5 Å². The van der Waals surface area contributed by atoms with Crippen molar-refractivity contribution in [3.8, 4) is 0 Å². The summed E-state index contributed by atoms with van der Waals surface area (Å²) >= 11 is 0. The first-order valence-corrected chi connectivity index (χ1v) is 27.3. The highest BCUT2D eigenvalue weighted by atomic mass is 16.2. The first-order chi connectivity index (χ1) is 37.1. The van der Waals surface area contributed by atoms with E-state index in [9.17, 15) is 28.8 Å². The van der Waals surface area contributed by atoms with E-state index < -0.39 is 73.3 Å². The standard InChI is InChI=1S/C60H86N10O7/c1-7-64(37-23-20-34-61)55(72)43-69(48(4)53-30-16-10-17-31-53)60(77)45-70(49(5)54-32-18-11-19-33-54)59(76)41-66(39-25-22-36-63)57(74)44-68(47(3)52-28-14-9-15-29-52)58(75)40-65(38-24-21-35-62)56(73)42-67(50(6)71)46(2)51-26-12-8-13-27-51/h8-19,26-33,46-49H,7,20-25,34-45,61-63H2,1-6H3/t46-,47-,48-,49-/m0/s1. The number of carbonyl (C=O) groups is 7. The summed E-state index contributed by atoms with van der Waals surface area (Å²) in [5.74, 6) is -2.97. The molecule has 0 saturated heterocycles. The van der Waals surface area contributed by atoms with E-state index in [4.69, 9.17) is 17.2 Å². The molecule has 4 aromatic carbocycles. The lowest BCUT2D eigenvalue weighted by molar-refractivity contribution is -0.150. The van der Waals surface area contributed by atoms with Crippen molar-refractivity contribution in [2.75, 3.05) is 85.1 Å². The maximum absolute atomic E-state index is 15.1. The van der Waals surface area contributed by atoms with Gasteiger partial charge in [0.1, 0.15) is 26.2 Å². The van der Waals surface area contributed by atoms with Crippen molar-refractivity contribution in [2.45, 2.75) is 104 Å². The molecule has 77 heavy (non-hydrogen) atoms. The Balaban J connectivity index is 1.71. The monoisotopic (exact) mass is 1060 g/mol. The number of rotatable bonds is 33. The predicted molar refractivity (Wildman–Crippen MR) is 302 cm³/mol. The van der Waals surface area contributed by atoms with E-state index >= 15 is 4.79 Å². The van der Waals surface area contributed by atoms with Crippen LogP contribution in [0.4, 0.5) is 0 Å². The SMILES string of the molecule is CCN(CCCCN)C(=O)CN(C(=O)CN(C(=O)CN(CCCCN)C(=O)CN(C(=O)CN(CCCCN)C(=O)CN(C(C)=O)[C@@H](C)c1ccccc1)[C@@H](C)c1ccccc1)[C@@H](C)c1ccccc1)[C@@H](C)c1ccccc1. The molecule has 7 amide bonds. The van der Waals surface area contributed by atoms with Gasteiger partial charge in [-0.1, -0.05) is 121 Å². The van der Waals surface area contributed by atoms with E-state index in [0.717, 1.165) is 35.1 Å². The zero-order valence-corrected chi connectivity index (χ0v) is 46.5. The first-order valence-electron chi connectivity index (χ1n) is 27.3. The molecular weight excluding hydrogens is 973 g/mol. The summed E-state index contributed by atoms with van der Waals surface area (Å²) in [4.78, 5) is 112. The van der Waals surface area contributed by atoms with Crippen LogP contribution in [0.1, 0.15) is 126 Å². The van der Waals surface area contributed by atoms with Crippen LogP contribution in [0.25, 0.3) is 0 Å². The number of benzene rings is 4. The van der Waals surface area contributed by atoms with Crippen LogP contribution in [-0.4, -0.2) is 161 Å². The Kier molecular flexibility index (Phi) is 27.0. The summed E-state index contributed by atoms with van der Waals surface area (Å²) in [6, 6.07) is 35.1. The first kappa shape index (κ1) is 62.6. The summed E-state index contributed by atoms with van der Waals surface area (Å²) in [7, 11) is 0. The Morgan fingerprint density at radius 3 is 0.883 bits per heavy atom. The lowest BCUT2D eigenvalue weighted by Gasteiger charge is -2.37. The molecule has 4 aromatic rings. The minimum atomic E-state index is -0.654. The summed E-state index contributed by atoms with van der Waals surface area (Å²) in [5.41, 5.74) is 20.7. The molecule has 17 heteroatoms. The number of hydrogen-bond acceptors (Lipinski definition) is 10. The van der Waals surface area contributed by atoms with Crippen molar-refractivity contribution in [3.05, 3.63) is 144 Å². The van der Waals surface area contributed by atoms with Gasteiger partial charge < -0.3 is 51.5 Å². The molecule has 17 nitrogen and oxygen atoms in total. The van der Waals surface area contributed by atoms with Crippen molar-refractivity contribution in [1.82, 2.24) is 34.3 Å². The molecule has 0 aliphatic carbocycles. The van der Waals surface area contributed by atoms with Crippen LogP contribution in [0, 0.1) is 0 Å². The normalized spacial score (nSPS) is 12.6. The molecule has 0 fully saturated rings. The molecule has 0 bridgehead atoms. The van der Waals surface area contributed by atoms with Gasteiger partial charge in [0.05, 0.1) is 37.3 Å². The molecule has 4 rings (SSSR count). The van der Waals surface area contributed by atoms with Gasteiger partial charge in [0, 0.05) is 33.1 Å². The third-order valence-electron chi connectivity index (χ3n) is 14.3. The fraction of sp³-hybridized carbons (Fsp3) is 0.483. The number of hydrogen-bond donors (Lipinski definition) is 3. The van der Waals surface area contributed by atoms with Crippen LogP contribution in [0.15, 0.2) is 121 Å². The fourth-order valence-corrected chi connectivity index (χ4v) is 9.36. The van der Waals surface area contributed by atoms with Crippen LogP contribution in [0.2, 0.25) is 0 Å². The van der Waals surface area contributed by atoms with E-state index in [1.807, 2.05) is 156 Å². The Morgan fingerprint density at radius 2 is 0.597 bits per heavy atom.